The summed E-state index contributed by atoms with van der Waals surface area (Å²) >= 11 is 0. The second-order valence-electron chi connectivity index (χ2n) is 5.33. The molecule has 1 saturated heterocycles. The monoisotopic (exact) mass is 270 g/mol. The highest BCUT2D eigenvalue weighted by molar-refractivity contribution is 7.91. The zero-order chi connectivity index (χ0) is 13.2. The van der Waals surface area contributed by atoms with Crippen molar-refractivity contribution in [3.63, 3.8) is 0 Å². The first-order chi connectivity index (χ1) is 8.47. The van der Waals surface area contributed by atoms with E-state index >= 15 is 0 Å². The van der Waals surface area contributed by atoms with E-state index in [1.165, 1.54) is 0 Å². The quantitative estimate of drug-likeness (QED) is 0.802. The van der Waals surface area contributed by atoms with Crippen molar-refractivity contribution in [1.82, 2.24) is 5.32 Å². The summed E-state index contributed by atoms with van der Waals surface area (Å²) in [6.07, 6.45) is 4.50. The number of nitrogens with zero attached hydrogens (tertiary/aromatic N) is 1. The molecule has 0 radical (unpaired) electrons. The lowest BCUT2D eigenvalue weighted by molar-refractivity contribution is -0.130. The summed E-state index contributed by atoms with van der Waals surface area (Å²) in [5.41, 5.74) is -0.926. The summed E-state index contributed by atoms with van der Waals surface area (Å²) in [4.78, 5) is 12.2. The van der Waals surface area contributed by atoms with E-state index in [0.29, 0.717) is 19.3 Å². The third-order valence-electron chi connectivity index (χ3n) is 3.92. The SMILES string of the molecule is N#CC1(C(=O)NC2CCS(=O)(=O)C2)CCCCC1. The van der Waals surface area contributed by atoms with Crippen molar-refractivity contribution in [2.45, 2.75) is 44.6 Å². The molecule has 6 heteroatoms. The van der Waals surface area contributed by atoms with Crippen LogP contribution in [0.3, 0.4) is 0 Å². The molecule has 0 aromatic heterocycles. The highest BCUT2D eigenvalue weighted by atomic mass is 32.2. The van der Waals surface area contributed by atoms with Gasteiger partial charge in [0.05, 0.1) is 17.6 Å². The van der Waals surface area contributed by atoms with Gasteiger partial charge < -0.3 is 5.32 Å². The Morgan fingerprint density at radius 2 is 1.94 bits per heavy atom. The van der Waals surface area contributed by atoms with Crippen LogP contribution in [0.15, 0.2) is 0 Å². The fraction of sp³-hybridized carbons (Fsp3) is 0.833. The Hall–Kier alpha value is -1.09. The van der Waals surface area contributed by atoms with Gasteiger partial charge in [-0.1, -0.05) is 19.3 Å². The maximum Gasteiger partial charge on any atom is 0.240 e. The van der Waals surface area contributed by atoms with Crippen LogP contribution >= 0.6 is 0 Å². The average molecular weight is 270 g/mol. The molecule has 5 nitrogen and oxygen atoms in total. The van der Waals surface area contributed by atoms with Crippen molar-refractivity contribution in [1.29, 1.82) is 5.26 Å². The number of nitriles is 1. The first-order valence-electron chi connectivity index (χ1n) is 6.40. The lowest BCUT2D eigenvalue weighted by Crippen LogP contribution is -2.46. The van der Waals surface area contributed by atoms with Crippen molar-refractivity contribution in [3.05, 3.63) is 0 Å². The van der Waals surface area contributed by atoms with Crippen LogP contribution in [0.25, 0.3) is 0 Å². The molecule has 1 N–H and O–H groups in total. The summed E-state index contributed by atoms with van der Waals surface area (Å²) in [5.74, 6) is -0.121. The Morgan fingerprint density at radius 3 is 2.44 bits per heavy atom. The van der Waals surface area contributed by atoms with E-state index in [1.54, 1.807) is 0 Å². The second kappa shape index (κ2) is 4.88. The Kier molecular flexibility index (Phi) is 3.62. The van der Waals surface area contributed by atoms with E-state index in [0.717, 1.165) is 19.3 Å². The molecule has 1 atom stereocenters. The molecule has 1 aliphatic carbocycles. The molecule has 0 spiro atoms. The summed E-state index contributed by atoms with van der Waals surface area (Å²) in [6, 6.07) is 1.84. The normalized spacial score (nSPS) is 29.4. The Balaban J connectivity index is 2.01. The molecule has 1 unspecified atom stereocenters. The van der Waals surface area contributed by atoms with E-state index in [1.807, 2.05) is 0 Å². The lowest BCUT2D eigenvalue weighted by Gasteiger charge is -2.30. The topological polar surface area (TPSA) is 87.0 Å². The Morgan fingerprint density at radius 1 is 1.28 bits per heavy atom. The van der Waals surface area contributed by atoms with Crippen LogP contribution in [0, 0.1) is 16.7 Å². The molecule has 18 heavy (non-hydrogen) atoms. The molecule has 2 rings (SSSR count). The second-order valence-corrected chi connectivity index (χ2v) is 7.56. The molecule has 2 aliphatic rings. The third-order valence-corrected chi connectivity index (χ3v) is 5.69. The van der Waals surface area contributed by atoms with Crippen molar-refractivity contribution >= 4 is 15.7 Å². The molecular formula is C12H18N2O3S. The van der Waals surface area contributed by atoms with Gasteiger partial charge in [-0.05, 0) is 19.3 Å². The van der Waals surface area contributed by atoms with Crippen molar-refractivity contribution in [2.24, 2.45) is 5.41 Å². The van der Waals surface area contributed by atoms with Crippen LogP contribution in [0.5, 0.6) is 0 Å². The van der Waals surface area contributed by atoms with Gasteiger partial charge in [-0.3, -0.25) is 4.79 Å². The molecule has 0 aromatic carbocycles. The van der Waals surface area contributed by atoms with Gasteiger partial charge in [-0.15, -0.1) is 0 Å². The van der Waals surface area contributed by atoms with Gasteiger partial charge in [0, 0.05) is 6.04 Å². The first-order valence-corrected chi connectivity index (χ1v) is 8.22. The van der Waals surface area contributed by atoms with Crippen molar-refractivity contribution in [3.8, 4) is 6.07 Å². The van der Waals surface area contributed by atoms with Crippen molar-refractivity contribution in [2.75, 3.05) is 11.5 Å². The highest BCUT2D eigenvalue weighted by Crippen LogP contribution is 2.36. The van der Waals surface area contributed by atoms with Crippen LogP contribution in [0.2, 0.25) is 0 Å². The number of carbonyl (C=O) groups is 1. The molecule has 1 heterocycles. The van der Waals surface area contributed by atoms with E-state index in [9.17, 15) is 18.5 Å². The average Bonchev–Trinajstić information content (AvgIpc) is 2.69. The van der Waals surface area contributed by atoms with Crippen LogP contribution < -0.4 is 5.32 Å². The van der Waals surface area contributed by atoms with Gasteiger partial charge in [0.25, 0.3) is 0 Å². The molecular weight excluding hydrogens is 252 g/mol. The Bertz CT molecular complexity index is 472. The minimum Gasteiger partial charge on any atom is -0.351 e. The molecule has 0 aromatic rings. The summed E-state index contributed by atoms with van der Waals surface area (Å²) < 4.78 is 22.7. The number of amides is 1. The number of carbonyl (C=O) groups excluding carboxylic acids is 1. The molecule has 1 aliphatic heterocycles. The third kappa shape index (κ3) is 2.66. The van der Waals surface area contributed by atoms with Gasteiger partial charge >= 0.3 is 0 Å². The fourth-order valence-corrected chi connectivity index (χ4v) is 4.45. The maximum absolute atomic E-state index is 12.2. The van der Waals surface area contributed by atoms with Gasteiger partial charge in [0.1, 0.15) is 5.41 Å². The molecule has 100 valence electrons. The number of hydrogen-bond acceptors (Lipinski definition) is 4. The van der Waals surface area contributed by atoms with Crippen LogP contribution in [0.4, 0.5) is 0 Å². The van der Waals surface area contributed by atoms with E-state index in [-0.39, 0.29) is 23.5 Å². The highest BCUT2D eigenvalue weighted by Gasteiger charge is 2.41. The van der Waals surface area contributed by atoms with E-state index in [4.69, 9.17) is 0 Å². The maximum atomic E-state index is 12.2. The van der Waals surface area contributed by atoms with Crippen LogP contribution in [-0.2, 0) is 14.6 Å². The molecule has 2 fully saturated rings. The molecule has 1 saturated carbocycles. The summed E-state index contributed by atoms with van der Waals surface area (Å²) in [7, 11) is -3.00. The molecule has 1 amide bonds. The minimum absolute atomic E-state index is 0.0141. The number of rotatable bonds is 2. The smallest absolute Gasteiger partial charge is 0.240 e. The van der Waals surface area contributed by atoms with Gasteiger partial charge in [0.2, 0.25) is 5.91 Å². The minimum atomic E-state index is -3.00. The van der Waals surface area contributed by atoms with Crippen molar-refractivity contribution < 1.29 is 13.2 Å². The number of nitrogens with one attached hydrogen (secondary N) is 1. The Labute approximate surface area is 107 Å². The fourth-order valence-electron chi connectivity index (χ4n) is 2.78. The zero-order valence-corrected chi connectivity index (χ0v) is 11.1. The van der Waals surface area contributed by atoms with Gasteiger partial charge in [-0.2, -0.15) is 5.26 Å². The van der Waals surface area contributed by atoms with E-state index in [2.05, 4.69) is 11.4 Å². The number of hydrogen-bond donors (Lipinski definition) is 1. The lowest BCUT2D eigenvalue weighted by atomic mass is 9.74. The summed E-state index contributed by atoms with van der Waals surface area (Å²) in [5, 5.41) is 12.0. The number of sulfone groups is 1. The largest absolute Gasteiger partial charge is 0.351 e. The van der Waals surface area contributed by atoms with Crippen LogP contribution in [0.1, 0.15) is 38.5 Å². The van der Waals surface area contributed by atoms with E-state index < -0.39 is 15.3 Å². The van der Waals surface area contributed by atoms with Gasteiger partial charge in [0.15, 0.2) is 9.84 Å². The zero-order valence-electron chi connectivity index (χ0n) is 10.3. The molecule has 0 bridgehead atoms. The van der Waals surface area contributed by atoms with Crippen LogP contribution in [-0.4, -0.2) is 31.9 Å². The summed E-state index contributed by atoms with van der Waals surface area (Å²) in [6.45, 7) is 0. The predicted octanol–water partition coefficient (Wildman–Crippen LogP) is 0.764. The predicted molar refractivity (Wildman–Crippen MR) is 66.3 cm³/mol. The standard InChI is InChI=1S/C12H18N2O3S/c13-9-12(5-2-1-3-6-12)11(15)14-10-4-7-18(16,17)8-10/h10H,1-8H2,(H,14,15). The van der Waals surface area contributed by atoms with Gasteiger partial charge in [-0.25, -0.2) is 8.42 Å². The first kappa shape index (κ1) is 13.3.